The van der Waals surface area contributed by atoms with E-state index in [0.29, 0.717) is 0 Å². The molecule has 1 fully saturated rings. The zero-order valence-corrected chi connectivity index (χ0v) is 14.8. The zero-order valence-electron chi connectivity index (χ0n) is 14.8. The Labute approximate surface area is 149 Å². The van der Waals surface area contributed by atoms with Gasteiger partial charge in [0.1, 0.15) is 0 Å². The van der Waals surface area contributed by atoms with Crippen molar-refractivity contribution >= 4 is 28.6 Å². The molecule has 2 heteroatoms. The molecule has 1 aliphatic rings. The molecule has 1 saturated heterocycles. The summed E-state index contributed by atoms with van der Waals surface area (Å²) in [4.78, 5) is 7.13. The van der Waals surface area contributed by atoms with E-state index in [4.69, 9.17) is 0 Å². The summed E-state index contributed by atoms with van der Waals surface area (Å²) in [5, 5.41) is 2.56. The highest BCUT2D eigenvalue weighted by Gasteiger charge is 2.14. The number of pyridine rings is 1. The highest BCUT2D eigenvalue weighted by atomic mass is 15.1. The number of benzene rings is 2. The molecule has 2 nitrogen and oxygen atoms in total. The fourth-order valence-corrected chi connectivity index (χ4v) is 3.75. The minimum Gasteiger partial charge on any atom is -0.371 e. The highest BCUT2D eigenvalue weighted by Crippen LogP contribution is 2.26. The fourth-order valence-electron chi connectivity index (χ4n) is 3.75. The fraction of sp³-hybridized carbons (Fsp3) is 0.261. The van der Waals surface area contributed by atoms with Crippen LogP contribution in [-0.4, -0.2) is 18.1 Å². The van der Waals surface area contributed by atoms with E-state index in [2.05, 4.69) is 77.5 Å². The van der Waals surface area contributed by atoms with Crippen LogP contribution in [0.15, 0.2) is 54.7 Å². The van der Waals surface area contributed by atoms with Crippen LogP contribution >= 0.6 is 0 Å². The van der Waals surface area contributed by atoms with E-state index >= 15 is 0 Å². The largest absolute Gasteiger partial charge is 0.371 e. The second-order valence-corrected chi connectivity index (χ2v) is 6.79. The van der Waals surface area contributed by atoms with Gasteiger partial charge in [0.25, 0.3) is 0 Å². The van der Waals surface area contributed by atoms with Crippen LogP contribution in [0.25, 0.3) is 22.9 Å². The molecule has 0 bridgehead atoms. The first-order valence-electron chi connectivity index (χ1n) is 9.19. The Balaban J connectivity index is 1.67. The number of anilines is 1. The Morgan fingerprint density at radius 2 is 1.68 bits per heavy atom. The van der Waals surface area contributed by atoms with Crippen LogP contribution < -0.4 is 4.90 Å². The quantitative estimate of drug-likeness (QED) is 0.613. The van der Waals surface area contributed by atoms with Crippen molar-refractivity contribution in [2.75, 3.05) is 18.0 Å². The minimum atomic E-state index is 1.07. The average molecular weight is 328 g/mol. The second-order valence-electron chi connectivity index (χ2n) is 6.79. The van der Waals surface area contributed by atoms with Crippen molar-refractivity contribution in [3.8, 4) is 0 Å². The van der Waals surface area contributed by atoms with Gasteiger partial charge in [0.15, 0.2) is 0 Å². The Bertz CT molecular complexity index is 900. The van der Waals surface area contributed by atoms with Crippen molar-refractivity contribution in [2.24, 2.45) is 0 Å². The van der Waals surface area contributed by atoms with Gasteiger partial charge in [-0.25, -0.2) is 0 Å². The lowest BCUT2D eigenvalue weighted by atomic mass is 10.0. The normalized spacial score (nSPS) is 15.2. The third-order valence-corrected chi connectivity index (χ3v) is 5.16. The van der Waals surface area contributed by atoms with Gasteiger partial charge in [-0.15, -0.1) is 0 Å². The summed E-state index contributed by atoms with van der Waals surface area (Å²) in [6, 6.07) is 17.1. The third kappa shape index (κ3) is 3.30. The van der Waals surface area contributed by atoms with Crippen LogP contribution in [0.4, 0.5) is 5.69 Å². The Morgan fingerprint density at radius 1 is 0.880 bits per heavy atom. The molecular weight excluding hydrogens is 304 g/mol. The van der Waals surface area contributed by atoms with Gasteiger partial charge in [0.2, 0.25) is 0 Å². The molecule has 2 aromatic carbocycles. The van der Waals surface area contributed by atoms with Gasteiger partial charge >= 0.3 is 0 Å². The maximum atomic E-state index is 4.62. The number of hydrogen-bond donors (Lipinski definition) is 0. The van der Waals surface area contributed by atoms with Crippen molar-refractivity contribution in [3.05, 3.63) is 71.5 Å². The monoisotopic (exact) mass is 328 g/mol. The molecule has 25 heavy (non-hydrogen) atoms. The van der Waals surface area contributed by atoms with Crippen molar-refractivity contribution < 1.29 is 0 Å². The molecule has 0 spiro atoms. The van der Waals surface area contributed by atoms with E-state index in [0.717, 1.165) is 18.8 Å². The van der Waals surface area contributed by atoms with Crippen molar-refractivity contribution in [1.29, 1.82) is 0 Å². The lowest BCUT2D eigenvalue weighted by molar-refractivity contribution is 0.577. The molecule has 126 valence electrons. The molecular formula is C23H24N2. The van der Waals surface area contributed by atoms with E-state index in [1.165, 1.54) is 46.8 Å². The molecule has 3 aromatic rings. The topological polar surface area (TPSA) is 16.1 Å². The van der Waals surface area contributed by atoms with Crippen LogP contribution in [-0.2, 0) is 0 Å². The smallest absolute Gasteiger partial charge is 0.0679 e. The standard InChI is InChI=1S/C23H24N2/c1-18-22(24-15-14-23(18)25-16-5-2-6-17-25)13-12-20-10-7-9-19-8-3-4-11-21(19)20/h3-4,7-15H,2,5-6,16-17H2,1H3/b13-12+. The summed E-state index contributed by atoms with van der Waals surface area (Å²) in [7, 11) is 0. The summed E-state index contributed by atoms with van der Waals surface area (Å²) in [5.74, 6) is 0. The van der Waals surface area contributed by atoms with Gasteiger partial charge in [0, 0.05) is 25.0 Å². The van der Waals surface area contributed by atoms with E-state index in [1.807, 2.05) is 6.20 Å². The van der Waals surface area contributed by atoms with E-state index < -0.39 is 0 Å². The molecule has 0 saturated carbocycles. The van der Waals surface area contributed by atoms with Crippen LogP contribution in [0.3, 0.4) is 0 Å². The predicted molar refractivity (Wildman–Crippen MR) is 108 cm³/mol. The van der Waals surface area contributed by atoms with E-state index in [1.54, 1.807) is 0 Å². The van der Waals surface area contributed by atoms with Crippen LogP contribution in [0.5, 0.6) is 0 Å². The SMILES string of the molecule is Cc1c(N2CCCCC2)ccnc1/C=C/c1cccc2ccccc12. The molecule has 0 atom stereocenters. The number of hydrogen-bond acceptors (Lipinski definition) is 2. The van der Waals surface area contributed by atoms with E-state index in [-0.39, 0.29) is 0 Å². The summed E-state index contributed by atoms with van der Waals surface area (Å²) in [5.41, 5.74) is 4.92. The Morgan fingerprint density at radius 3 is 2.56 bits per heavy atom. The molecule has 2 heterocycles. The summed E-state index contributed by atoms with van der Waals surface area (Å²) < 4.78 is 0. The van der Waals surface area contributed by atoms with Crippen LogP contribution in [0.2, 0.25) is 0 Å². The first-order valence-corrected chi connectivity index (χ1v) is 9.19. The Kier molecular flexibility index (Phi) is 4.51. The van der Waals surface area contributed by atoms with Gasteiger partial charge in [-0.05, 0) is 60.2 Å². The molecule has 0 amide bonds. The molecule has 0 N–H and O–H groups in total. The number of aromatic nitrogens is 1. The summed E-state index contributed by atoms with van der Waals surface area (Å²) in [6.45, 7) is 4.52. The summed E-state index contributed by atoms with van der Waals surface area (Å²) >= 11 is 0. The van der Waals surface area contributed by atoms with Crippen molar-refractivity contribution in [2.45, 2.75) is 26.2 Å². The van der Waals surface area contributed by atoms with Gasteiger partial charge in [-0.2, -0.15) is 0 Å². The van der Waals surface area contributed by atoms with Crippen molar-refractivity contribution in [3.63, 3.8) is 0 Å². The molecule has 0 radical (unpaired) electrons. The predicted octanol–water partition coefficient (Wildman–Crippen LogP) is 5.70. The number of fused-ring (bicyclic) bond motifs is 1. The van der Waals surface area contributed by atoms with Gasteiger partial charge in [-0.3, -0.25) is 4.98 Å². The maximum absolute atomic E-state index is 4.62. The maximum Gasteiger partial charge on any atom is 0.0679 e. The lowest BCUT2D eigenvalue weighted by Gasteiger charge is -2.30. The average Bonchev–Trinajstić information content (AvgIpc) is 2.68. The number of piperidine rings is 1. The molecule has 0 aliphatic carbocycles. The van der Waals surface area contributed by atoms with Gasteiger partial charge in [-0.1, -0.05) is 48.5 Å². The highest BCUT2D eigenvalue weighted by molar-refractivity contribution is 5.92. The zero-order chi connectivity index (χ0) is 17.1. The van der Waals surface area contributed by atoms with Gasteiger partial charge < -0.3 is 4.90 Å². The minimum absolute atomic E-state index is 1.07. The van der Waals surface area contributed by atoms with E-state index in [9.17, 15) is 0 Å². The second kappa shape index (κ2) is 7.10. The summed E-state index contributed by atoms with van der Waals surface area (Å²) in [6.07, 6.45) is 10.2. The molecule has 1 aliphatic heterocycles. The first kappa shape index (κ1) is 15.9. The van der Waals surface area contributed by atoms with Gasteiger partial charge in [0.05, 0.1) is 5.69 Å². The third-order valence-electron chi connectivity index (χ3n) is 5.16. The Hall–Kier alpha value is -2.61. The van der Waals surface area contributed by atoms with Crippen LogP contribution in [0, 0.1) is 6.92 Å². The molecule has 1 aromatic heterocycles. The number of nitrogens with zero attached hydrogens (tertiary/aromatic N) is 2. The first-order chi connectivity index (χ1) is 12.3. The number of rotatable bonds is 3. The lowest BCUT2D eigenvalue weighted by Crippen LogP contribution is -2.30. The molecule has 4 rings (SSSR count). The molecule has 0 unspecified atom stereocenters. The van der Waals surface area contributed by atoms with Crippen molar-refractivity contribution in [1.82, 2.24) is 4.98 Å². The van der Waals surface area contributed by atoms with Crippen LogP contribution in [0.1, 0.15) is 36.1 Å².